The number of rotatable bonds is 6. The molecule has 0 spiro atoms. The zero-order valence-electron chi connectivity index (χ0n) is 16.8. The number of fused-ring (bicyclic) bond motifs is 1. The molecule has 0 bridgehead atoms. The van der Waals surface area contributed by atoms with E-state index in [-0.39, 0.29) is 5.75 Å². The lowest BCUT2D eigenvalue weighted by atomic mass is 9.91. The smallest absolute Gasteiger partial charge is 0.344 e. The number of benzene rings is 3. The van der Waals surface area contributed by atoms with Crippen molar-refractivity contribution in [3.8, 4) is 22.6 Å². The molecule has 4 aromatic rings. The molecule has 0 fully saturated rings. The van der Waals surface area contributed by atoms with Gasteiger partial charge in [-0.3, -0.25) is 0 Å². The summed E-state index contributed by atoms with van der Waals surface area (Å²) in [4.78, 5) is 13.2. The number of aryl methyl sites for hydroxylation is 1. The third-order valence-corrected chi connectivity index (χ3v) is 6.53. The molecule has 0 radical (unpaired) electrons. The third-order valence-electron chi connectivity index (χ3n) is 5.17. The van der Waals surface area contributed by atoms with Crippen LogP contribution in [0.2, 0.25) is 0 Å². The number of alkyl halides is 1. The van der Waals surface area contributed by atoms with Crippen LogP contribution in [0.15, 0.2) is 69.9 Å². The predicted octanol–water partition coefficient (Wildman–Crippen LogP) is 6.44. The van der Waals surface area contributed by atoms with E-state index >= 15 is 0 Å². The van der Waals surface area contributed by atoms with Crippen molar-refractivity contribution in [2.24, 2.45) is 0 Å². The van der Waals surface area contributed by atoms with Crippen LogP contribution < -0.4 is 10.4 Å². The minimum absolute atomic E-state index is 0.0964. The number of aromatic hydroxyl groups is 1. The monoisotopic (exact) mass is 590 g/mol. The van der Waals surface area contributed by atoms with Crippen LogP contribution in [-0.4, -0.2) is 17.0 Å². The molecule has 1 heterocycles. The van der Waals surface area contributed by atoms with Gasteiger partial charge in [0.2, 0.25) is 0 Å². The molecular formula is C25H20BrIO4. The number of halogens is 2. The average Bonchev–Trinajstić information content (AvgIpc) is 2.77. The average molecular weight is 591 g/mol. The molecule has 0 aliphatic rings. The Morgan fingerprint density at radius 2 is 1.81 bits per heavy atom. The summed E-state index contributed by atoms with van der Waals surface area (Å²) in [6.07, 6.45) is 0.547. The molecule has 4 rings (SSSR count). The first-order valence-corrected chi connectivity index (χ1v) is 12.0. The first-order chi connectivity index (χ1) is 15.0. The zero-order valence-corrected chi connectivity index (χ0v) is 20.6. The van der Waals surface area contributed by atoms with Gasteiger partial charge in [-0.1, -0.05) is 52.3 Å². The van der Waals surface area contributed by atoms with Crippen molar-refractivity contribution in [2.75, 3.05) is 11.9 Å². The third kappa shape index (κ3) is 4.50. The van der Waals surface area contributed by atoms with Gasteiger partial charge in [-0.15, -0.1) is 0 Å². The summed E-state index contributed by atoms with van der Waals surface area (Å²) in [5.41, 5.74) is 4.36. The van der Waals surface area contributed by atoms with Gasteiger partial charge >= 0.3 is 5.63 Å². The Morgan fingerprint density at radius 1 is 1.06 bits per heavy atom. The maximum Gasteiger partial charge on any atom is 0.344 e. The Balaban J connectivity index is 1.91. The summed E-state index contributed by atoms with van der Waals surface area (Å²) in [5, 5.41) is 11.7. The van der Waals surface area contributed by atoms with Gasteiger partial charge in [-0.25, -0.2) is 4.79 Å². The van der Waals surface area contributed by atoms with Crippen molar-refractivity contribution in [2.45, 2.75) is 13.3 Å². The maximum atomic E-state index is 13.2. The molecule has 0 aliphatic heterocycles. The van der Waals surface area contributed by atoms with Gasteiger partial charge in [-0.2, -0.15) is 0 Å². The molecule has 4 nitrogen and oxygen atoms in total. The van der Waals surface area contributed by atoms with Gasteiger partial charge in [0, 0.05) is 10.7 Å². The van der Waals surface area contributed by atoms with Crippen LogP contribution in [-0.2, 0) is 6.42 Å². The van der Waals surface area contributed by atoms with Crippen molar-refractivity contribution in [3.05, 3.63) is 91.3 Å². The SMILES string of the molecule is Cc1ccccc1-c1c(Cc2ccc(OCCBr)cc2)c2ccc(O)c(I)c2oc1=O. The van der Waals surface area contributed by atoms with E-state index in [4.69, 9.17) is 9.15 Å². The van der Waals surface area contributed by atoms with Gasteiger partial charge in [0.25, 0.3) is 0 Å². The largest absolute Gasteiger partial charge is 0.507 e. The van der Waals surface area contributed by atoms with Crippen LogP contribution in [0, 0.1) is 10.5 Å². The first-order valence-electron chi connectivity index (χ1n) is 9.80. The van der Waals surface area contributed by atoms with Gasteiger partial charge < -0.3 is 14.3 Å². The summed E-state index contributed by atoms with van der Waals surface area (Å²) in [6.45, 7) is 2.59. The van der Waals surface area contributed by atoms with E-state index < -0.39 is 5.63 Å². The van der Waals surface area contributed by atoms with Crippen LogP contribution >= 0.6 is 38.5 Å². The van der Waals surface area contributed by atoms with Crippen LogP contribution in [0.5, 0.6) is 11.5 Å². The minimum Gasteiger partial charge on any atom is -0.507 e. The first kappa shape index (κ1) is 21.9. The Hall–Kier alpha value is -2.32. The molecule has 158 valence electrons. The van der Waals surface area contributed by atoms with E-state index in [0.717, 1.165) is 38.7 Å². The highest BCUT2D eigenvalue weighted by molar-refractivity contribution is 14.1. The summed E-state index contributed by atoms with van der Waals surface area (Å²) in [7, 11) is 0. The summed E-state index contributed by atoms with van der Waals surface area (Å²) >= 11 is 5.37. The molecule has 0 saturated carbocycles. The predicted molar refractivity (Wildman–Crippen MR) is 136 cm³/mol. The second-order valence-electron chi connectivity index (χ2n) is 7.19. The molecule has 3 aromatic carbocycles. The number of hydrogen-bond acceptors (Lipinski definition) is 4. The molecule has 31 heavy (non-hydrogen) atoms. The van der Waals surface area contributed by atoms with E-state index in [1.807, 2.05) is 84.1 Å². The fourth-order valence-corrected chi connectivity index (χ4v) is 4.40. The lowest BCUT2D eigenvalue weighted by molar-refractivity contribution is 0.345. The normalized spacial score (nSPS) is 11.1. The van der Waals surface area contributed by atoms with Crippen molar-refractivity contribution in [1.29, 1.82) is 0 Å². The molecule has 0 atom stereocenters. The molecule has 6 heteroatoms. The van der Waals surface area contributed by atoms with Crippen molar-refractivity contribution < 1.29 is 14.3 Å². The molecule has 1 aromatic heterocycles. The zero-order chi connectivity index (χ0) is 22.0. The fourth-order valence-electron chi connectivity index (χ4n) is 3.66. The van der Waals surface area contributed by atoms with E-state index in [1.54, 1.807) is 6.07 Å². The number of hydrogen-bond donors (Lipinski definition) is 1. The highest BCUT2D eigenvalue weighted by Gasteiger charge is 2.20. The number of phenols is 1. The van der Waals surface area contributed by atoms with Gasteiger partial charge in [0.1, 0.15) is 11.5 Å². The minimum atomic E-state index is -0.405. The van der Waals surface area contributed by atoms with Gasteiger partial charge in [-0.05, 0) is 82.5 Å². The van der Waals surface area contributed by atoms with Crippen LogP contribution in [0.25, 0.3) is 22.1 Å². The Morgan fingerprint density at radius 3 is 2.52 bits per heavy atom. The number of phenolic OH excluding ortho intramolecular Hbond substituents is 1. The highest BCUT2D eigenvalue weighted by atomic mass is 127. The molecule has 0 unspecified atom stereocenters. The fraction of sp³-hybridized carbons (Fsp3) is 0.160. The van der Waals surface area contributed by atoms with E-state index in [2.05, 4.69) is 15.9 Å². The van der Waals surface area contributed by atoms with E-state index in [0.29, 0.717) is 27.7 Å². The van der Waals surface area contributed by atoms with Crippen LogP contribution in [0.4, 0.5) is 0 Å². The quantitative estimate of drug-likeness (QED) is 0.159. The lowest BCUT2D eigenvalue weighted by Gasteiger charge is -2.15. The van der Waals surface area contributed by atoms with E-state index in [9.17, 15) is 9.90 Å². The van der Waals surface area contributed by atoms with Crippen molar-refractivity contribution >= 4 is 49.5 Å². The van der Waals surface area contributed by atoms with Gasteiger partial charge in [0.05, 0.1) is 15.7 Å². The topological polar surface area (TPSA) is 59.7 Å². The molecule has 0 aliphatic carbocycles. The summed E-state index contributed by atoms with van der Waals surface area (Å²) < 4.78 is 11.9. The van der Waals surface area contributed by atoms with Crippen LogP contribution in [0.1, 0.15) is 16.7 Å². The Kier molecular flexibility index (Phi) is 6.67. The van der Waals surface area contributed by atoms with Crippen LogP contribution in [0.3, 0.4) is 0 Å². The standard InChI is InChI=1S/C25H20BrIO4/c1-15-4-2-3-5-18(15)22-20(14-16-6-8-17(9-7-16)30-13-12-26)19-10-11-21(28)23(27)24(19)31-25(22)29/h2-11,28H,12-14H2,1H3. The molecule has 0 saturated heterocycles. The maximum absolute atomic E-state index is 13.2. The van der Waals surface area contributed by atoms with Crippen molar-refractivity contribution in [3.63, 3.8) is 0 Å². The number of ether oxygens (including phenoxy) is 1. The Labute approximate surface area is 202 Å². The molecular weight excluding hydrogens is 571 g/mol. The Bertz CT molecular complexity index is 1300. The van der Waals surface area contributed by atoms with Gasteiger partial charge in [0.15, 0.2) is 5.58 Å². The summed E-state index contributed by atoms with van der Waals surface area (Å²) in [5.74, 6) is 0.901. The summed E-state index contributed by atoms with van der Waals surface area (Å²) in [6, 6.07) is 19.2. The second kappa shape index (κ2) is 9.44. The second-order valence-corrected chi connectivity index (χ2v) is 9.06. The van der Waals surface area contributed by atoms with E-state index in [1.165, 1.54) is 0 Å². The molecule has 1 N–H and O–H groups in total. The lowest BCUT2D eigenvalue weighted by Crippen LogP contribution is -2.10. The highest BCUT2D eigenvalue weighted by Crippen LogP contribution is 2.35. The molecule has 0 amide bonds. The van der Waals surface area contributed by atoms with Crippen molar-refractivity contribution in [1.82, 2.24) is 0 Å².